The molecule has 0 atom stereocenters. The van der Waals surface area contributed by atoms with Crippen molar-refractivity contribution >= 4 is 44.4 Å². The number of carbonyl (C=O) groups excluding carboxylic acids is 1. The molecule has 2 aromatic heterocycles. The fraction of sp³-hybridized carbons (Fsp3) is 0.261. The average Bonchev–Trinajstić information content (AvgIpc) is 3.40. The van der Waals surface area contributed by atoms with Crippen LogP contribution in [0.3, 0.4) is 0 Å². The molecular weight excluding hydrogens is 431 g/mol. The van der Waals surface area contributed by atoms with E-state index in [4.69, 9.17) is 4.98 Å². The van der Waals surface area contributed by atoms with Crippen LogP contribution >= 0.6 is 23.1 Å². The van der Waals surface area contributed by atoms with Crippen molar-refractivity contribution < 1.29 is 9.18 Å². The lowest BCUT2D eigenvalue weighted by Crippen LogP contribution is -2.33. The van der Waals surface area contributed by atoms with Crippen molar-refractivity contribution in [1.82, 2.24) is 14.5 Å². The normalized spacial score (nSPS) is 11.2. The van der Waals surface area contributed by atoms with Gasteiger partial charge in [-0.3, -0.25) is 9.69 Å². The Balaban J connectivity index is 1.53. The third kappa shape index (κ3) is 5.32. The minimum absolute atomic E-state index is 0.00612. The molecule has 0 aliphatic heterocycles. The van der Waals surface area contributed by atoms with Gasteiger partial charge in [-0.25, -0.2) is 14.4 Å². The summed E-state index contributed by atoms with van der Waals surface area (Å²) in [6.45, 7) is 5.47. The van der Waals surface area contributed by atoms with Crippen molar-refractivity contribution in [2.24, 2.45) is 0 Å². The largest absolute Gasteiger partial charge is 0.337 e. The van der Waals surface area contributed by atoms with Crippen molar-refractivity contribution in [2.75, 3.05) is 17.2 Å². The van der Waals surface area contributed by atoms with Gasteiger partial charge >= 0.3 is 0 Å². The number of nitrogens with zero attached hydrogens (tertiary/aromatic N) is 4. The number of amides is 1. The van der Waals surface area contributed by atoms with Gasteiger partial charge in [0.25, 0.3) is 0 Å². The maximum Gasteiger partial charge on any atom is 0.239 e. The lowest BCUT2D eigenvalue weighted by atomic mass is 10.1. The van der Waals surface area contributed by atoms with Gasteiger partial charge in [0.15, 0.2) is 5.13 Å². The third-order valence-corrected chi connectivity index (χ3v) is 7.10. The van der Waals surface area contributed by atoms with Crippen LogP contribution in [0.4, 0.5) is 9.52 Å². The summed E-state index contributed by atoms with van der Waals surface area (Å²) in [5.74, 6) is -0.0182. The Kier molecular flexibility index (Phi) is 6.67. The van der Waals surface area contributed by atoms with Crippen LogP contribution in [0.5, 0.6) is 0 Å². The summed E-state index contributed by atoms with van der Waals surface area (Å²) in [6.07, 6.45) is 6.24. The monoisotopic (exact) mass is 454 g/mol. The van der Waals surface area contributed by atoms with E-state index >= 15 is 0 Å². The molecule has 4 rings (SSSR count). The van der Waals surface area contributed by atoms with E-state index in [0.29, 0.717) is 6.54 Å². The van der Waals surface area contributed by atoms with E-state index in [1.165, 1.54) is 29.5 Å². The van der Waals surface area contributed by atoms with Crippen LogP contribution < -0.4 is 4.90 Å². The molecule has 0 aliphatic carbocycles. The van der Waals surface area contributed by atoms with Gasteiger partial charge in [-0.2, -0.15) is 0 Å². The van der Waals surface area contributed by atoms with Crippen LogP contribution in [0.1, 0.15) is 17.5 Å². The molecule has 31 heavy (non-hydrogen) atoms. The number of carbonyl (C=O) groups is 1. The number of thiazole rings is 1. The van der Waals surface area contributed by atoms with Crippen LogP contribution in [-0.2, 0) is 11.3 Å². The van der Waals surface area contributed by atoms with E-state index < -0.39 is 0 Å². The summed E-state index contributed by atoms with van der Waals surface area (Å²) >= 11 is 2.96. The number of anilines is 1. The van der Waals surface area contributed by atoms with Crippen LogP contribution in [0.25, 0.3) is 10.2 Å². The topological polar surface area (TPSA) is 51.0 Å². The highest BCUT2D eigenvalue weighted by molar-refractivity contribution is 8.00. The van der Waals surface area contributed by atoms with Gasteiger partial charge in [0.05, 0.1) is 22.3 Å². The van der Waals surface area contributed by atoms with Crippen molar-refractivity contribution in [2.45, 2.75) is 31.7 Å². The Hall–Kier alpha value is -2.71. The SMILES string of the molecule is Cc1cc(C)c2sc(N(CCCn3ccnc3)C(=O)CSc3ccc(F)cc3)nc2c1. The molecule has 160 valence electrons. The highest BCUT2D eigenvalue weighted by atomic mass is 32.2. The van der Waals surface area contributed by atoms with E-state index in [1.807, 2.05) is 10.8 Å². The van der Waals surface area contributed by atoms with Gasteiger partial charge < -0.3 is 4.57 Å². The van der Waals surface area contributed by atoms with Gasteiger partial charge in [0.2, 0.25) is 5.91 Å². The second kappa shape index (κ2) is 9.62. The van der Waals surface area contributed by atoms with E-state index in [2.05, 4.69) is 31.0 Å². The fourth-order valence-electron chi connectivity index (χ4n) is 3.39. The number of fused-ring (bicyclic) bond motifs is 1. The molecule has 4 aromatic rings. The minimum atomic E-state index is -0.281. The van der Waals surface area contributed by atoms with Crippen molar-refractivity contribution in [3.8, 4) is 0 Å². The minimum Gasteiger partial charge on any atom is -0.337 e. The number of imidazole rings is 1. The standard InChI is InChI=1S/C23H23FN4OS2/c1-16-12-17(2)22-20(13-16)26-23(31-22)28(10-3-9-27-11-8-25-15-27)21(29)14-30-19-6-4-18(24)5-7-19/h4-8,11-13,15H,3,9-10,14H2,1-2H3. The molecule has 0 saturated carbocycles. The Labute approximate surface area is 188 Å². The van der Waals surface area contributed by atoms with Crippen molar-refractivity contribution in [3.05, 3.63) is 72.1 Å². The van der Waals surface area contributed by atoms with Gasteiger partial charge in [-0.05, 0) is 61.7 Å². The summed E-state index contributed by atoms with van der Waals surface area (Å²) < 4.78 is 16.3. The number of hydrogen-bond donors (Lipinski definition) is 0. The third-order valence-electron chi connectivity index (χ3n) is 4.87. The zero-order chi connectivity index (χ0) is 21.8. The molecular formula is C23H23FN4OS2. The molecule has 0 fully saturated rings. The van der Waals surface area contributed by atoms with E-state index in [0.717, 1.165) is 38.8 Å². The second-order valence-corrected chi connectivity index (χ2v) is 9.39. The van der Waals surface area contributed by atoms with Crippen molar-refractivity contribution in [3.63, 3.8) is 0 Å². The molecule has 8 heteroatoms. The van der Waals surface area contributed by atoms with Crippen LogP contribution in [0, 0.1) is 19.7 Å². The lowest BCUT2D eigenvalue weighted by Gasteiger charge is -2.20. The molecule has 2 aromatic carbocycles. The predicted molar refractivity (Wildman–Crippen MR) is 125 cm³/mol. The van der Waals surface area contributed by atoms with Crippen LogP contribution in [0.2, 0.25) is 0 Å². The first-order valence-electron chi connectivity index (χ1n) is 10.0. The molecule has 0 saturated heterocycles. The maximum absolute atomic E-state index is 13.2. The summed E-state index contributed by atoms with van der Waals surface area (Å²) in [5.41, 5.74) is 3.26. The van der Waals surface area contributed by atoms with Gasteiger partial charge in [0, 0.05) is 30.4 Å². The van der Waals surface area contributed by atoms with E-state index in [9.17, 15) is 9.18 Å². The number of aromatic nitrogens is 3. The molecule has 5 nitrogen and oxygen atoms in total. The van der Waals surface area contributed by atoms with Crippen molar-refractivity contribution in [1.29, 1.82) is 0 Å². The van der Waals surface area contributed by atoms with Crippen LogP contribution in [0.15, 0.2) is 60.0 Å². The number of benzene rings is 2. The predicted octanol–water partition coefficient (Wildman–Crippen LogP) is 5.46. The number of aryl methyl sites for hydroxylation is 3. The highest BCUT2D eigenvalue weighted by Gasteiger charge is 2.20. The number of halogens is 1. The molecule has 2 heterocycles. The Morgan fingerprint density at radius 2 is 2.03 bits per heavy atom. The summed E-state index contributed by atoms with van der Waals surface area (Å²) in [7, 11) is 0. The molecule has 0 unspecified atom stereocenters. The zero-order valence-corrected chi connectivity index (χ0v) is 19.0. The quantitative estimate of drug-likeness (QED) is 0.332. The molecule has 0 aliphatic rings. The van der Waals surface area contributed by atoms with Crippen LogP contribution in [-0.4, -0.2) is 32.7 Å². The second-order valence-electron chi connectivity index (χ2n) is 7.37. The first-order valence-corrected chi connectivity index (χ1v) is 11.8. The fourth-order valence-corrected chi connectivity index (χ4v) is 5.23. The molecule has 0 spiro atoms. The Morgan fingerprint density at radius 1 is 1.23 bits per heavy atom. The molecule has 0 bridgehead atoms. The first kappa shape index (κ1) is 21.5. The number of rotatable bonds is 8. The average molecular weight is 455 g/mol. The highest BCUT2D eigenvalue weighted by Crippen LogP contribution is 2.33. The van der Waals surface area contributed by atoms with Gasteiger partial charge in [-0.15, -0.1) is 11.8 Å². The number of thioether (sulfide) groups is 1. The van der Waals surface area contributed by atoms with E-state index in [1.54, 1.807) is 40.9 Å². The lowest BCUT2D eigenvalue weighted by molar-refractivity contribution is -0.116. The van der Waals surface area contributed by atoms with Gasteiger partial charge in [-0.1, -0.05) is 17.4 Å². The molecule has 1 amide bonds. The zero-order valence-electron chi connectivity index (χ0n) is 17.4. The van der Waals surface area contributed by atoms with E-state index in [-0.39, 0.29) is 17.5 Å². The smallest absolute Gasteiger partial charge is 0.239 e. The summed E-state index contributed by atoms with van der Waals surface area (Å²) in [5, 5.41) is 0.721. The Bertz CT molecular complexity index is 1170. The maximum atomic E-state index is 13.2. The number of hydrogen-bond acceptors (Lipinski definition) is 5. The first-order chi connectivity index (χ1) is 15.0. The molecule has 0 radical (unpaired) electrons. The summed E-state index contributed by atoms with van der Waals surface area (Å²) in [4.78, 5) is 24.7. The molecule has 0 N–H and O–H groups in total. The van der Waals surface area contributed by atoms with Gasteiger partial charge in [0.1, 0.15) is 5.82 Å². The summed E-state index contributed by atoms with van der Waals surface area (Å²) in [6, 6.07) is 10.4. The Morgan fingerprint density at radius 3 is 2.77 bits per heavy atom.